The van der Waals surface area contributed by atoms with Crippen LogP contribution in [0.1, 0.15) is 42.6 Å². The van der Waals surface area contributed by atoms with E-state index in [4.69, 9.17) is 4.74 Å². The van der Waals surface area contributed by atoms with Gasteiger partial charge in [-0.25, -0.2) is 4.98 Å². The highest BCUT2D eigenvalue weighted by atomic mass is 16.5. The molecule has 3 aliphatic rings. The summed E-state index contributed by atoms with van der Waals surface area (Å²) in [6.07, 6.45) is 9.77. The minimum absolute atomic E-state index is 0.134. The van der Waals surface area contributed by atoms with Crippen molar-refractivity contribution in [3.63, 3.8) is 0 Å². The molecule has 3 heterocycles. The van der Waals surface area contributed by atoms with Crippen molar-refractivity contribution in [2.75, 3.05) is 26.2 Å². The molecule has 2 saturated heterocycles. The molecule has 3 fully saturated rings. The lowest BCUT2D eigenvalue weighted by atomic mass is 9.79. The van der Waals surface area contributed by atoms with Crippen LogP contribution in [-0.2, 0) is 9.53 Å². The maximum atomic E-state index is 12.2. The Kier molecular flexibility index (Phi) is 4.41. The smallest absolute Gasteiger partial charge is 0.271 e. The van der Waals surface area contributed by atoms with Gasteiger partial charge in [0.15, 0.2) is 0 Å². The Labute approximate surface area is 147 Å². The van der Waals surface area contributed by atoms with Crippen LogP contribution in [-0.4, -0.2) is 58.5 Å². The number of hydrogen-bond donors (Lipinski definition) is 1. The van der Waals surface area contributed by atoms with Crippen LogP contribution in [0.5, 0.6) is 0 Å². The van der Waals surface area contributed by atoms with Crippen LogP contribution in [0.4, 0.5) is 0 Å². The Balaban J connectivity index is 1.19. The number of ether oxygens (including phenoxy) is 1. The van der Waals surface area contributed by atoms with E-state index in [2.05, 4.69) is 15.3 Å². The van der Waals surface area contributed by atoms with Crippen LogP contribution in [0.15, 0.2) is 18.6 Å². The van der Waals surface area contributed by atoms with Crippen molar-refractivity contribution in [1.29, 1.82) is 0 Å². The minimum Gasteiger partial charge on any atom is -0.371 e. The lowest BCUT2D eigenvalue weighted by Gasteiger charge is -2.54. The van der Waals surface area contributed by atoms with E-state index < -0.39 is 0 Å². The van der Waals surface area contributed by atoms with Gasteiger partial charge in [-0.1, -0.05) is 6.42 Å². The van der Waals surface area contributed by atoms with Crippen LogP contribution in [0.2, 0.25) is 0 Å². The SMILES string of the molecule is O=C(NCC1CCC2(CN(C(=O)C3CCC3)C2)OC1)c1cnccn1. The molecule has 1 spiro atoms. The van der Waals surface area contributed by atoms with Gasteiger partial charge in [-0.3, -0.25) is 14.6 Å². The Hall–Kier alpha value is -2.02. The molecule has 134 valence electrons. The van der Waals surface area contributed by atoms with Gasteiger partial charge in [0.05, 0.1) is 25.9 Å². The van der Waals surface area contributed by atoms with Crippen LogP contribution in [0, 0.1) is 11.8 Å². The molecule has 0 radical (unpaired) electrons. The molecule has 7 nitrogen and oxygen atoms in total. The number of rotatable bonds is 4. The van der Waals surface area contributed by atoms with E-state index in [1.807, 2.05) is 4.90 Å². The third-order valence-corrected chi connectivity index (χ3v) is 5.70. The highest BCUT2D eigenvalue weighted by Gasteiger charge is 2.49. The average Bonchev–Trinajstić information content (AvgIpc) is 2.57. The molecule has 1 saturated carbocycles. The highest BCUT2D eigenvalue weighted by Crippen LogP contribution is 2.38. The third-order valence-electron chi connectivity index (χ3n) is 5.70. The zero-order valence-electron chi connectivity index (χ0n) is 14.3. The summed E-state index contributed by atoms with van der Waals surface area (Å²) in [5.74, 6) is 0.695. The van der Waals surface area contributed by atoms with Crippen LogP contribution in [0.3, 0.4) is 0 Å². The Morgan fingerprint density at radius 1 is 1.28 bits per heavy atom. The fourth-order valence-corrected chi connectivity index (χ4v) is 3.79. The van der Waals surface area contributed by atoms with Crippen molar-refractivity contribution >= 4 is 11.8 Å². The molecule has 1 aromatic heterocycles. The van der Waals surface area contributed by atoms with E-state index in [-0.39, 0.29) is 17.4 Å². The molecular weight excluding hydrogens is 320 g/mol. The first-order valence-corrected chi connectivity index (χ1v) is 9.12. The Morgan fingerprint density at radius 3 is 2.72 bits per heavy atom. The molecule has 1 aromatic rings. The predicted octanol–water partition coefficient (Wildman–Crippen LogP) is 1.01. The number of hydrogen-bond acceptors (Lipinski definition) is 5. The first-order valence-electron chi connectivity index (χ1n) is 9.12. The molecule has 1 N–H and O–H groups in total. The lowest BCUT2D eigenvalue weighted by molar-refractivity contribution is -0.192. The van der Waals surface area contributed by atoms with Crippen molar-refractivity contribution in [3.05, 3.63) is 24.3 Å². The number of nitrogens with one attached hydrogen (secondary N) is 1. The zero-order chi connectivity index (χ0) is 17.3. The van der Waals surface area contributed by atoms with Gasteiger partial charge in [0.25, 0.3) is 5.91 Å². The Bertz CT molecular complexity index is 631. The number of nitrogens with zero attached hydrogens (tertiary/aromatic N) is 3. The standard InChI is InChI=1S/C18H24N4O3/c23-16(15-9-19-6-7-20-15)21-8-13-4-5-18(25-10-13)11-22(12-18)17(24)14-2-1-3-14/h6-7,9,13-14H,1-5,8,10-12H2,(H,21,23). The first-order chi connectivity index (χ1) is 12.2. The fraction of sp³-hybridized carbons (Fsp3) is 0.667. The molecule has 2 aliphatic heterocycles. The molecule has 7 heteroatoms. The van der Waals surface area contributed by atoms with Gasteiger partial charge in [0, 0.05) is 24.9 Å². The number of carbonyl (C=O) groups excluding carboxylic acids is 2. The zero-order valence-corrected chi connectivity index (χ0v) is 14.3. The van der Waals surface area contributed by atoms with Gasteiger partial charge >= 0.3 is 0 Å². The summed E-state index contributed by atoms with van der Waals surface area (Å²) < 4.78 is 6.09. The summed E-state index contributed by atoms with van der Waals surface area (Å²) in [4.78, 5) is 34.1. The molecule has 0 bridgehead atoms. The maximum absolute atomic E-state index is 12.2. The summed E-state index contributed by atoms with van der Waals surface area (Å²) in [6.45, 7) is 2.68. The van der Waals surface area contributed by atoms with Crippen molar-refractivity contribution in [2.45, 2.75) is 37.7 Å². The second-order valence-corrected chi connectivity index (χ2v) is 7.52. The average molecular weight is 344 g/mol. The maximum Gasteiger partial charge on any atom is 0.271 e. The van der Waals surface area contributed by atoms with Gasteiger partial charge in [-0.05, 0) is 31.6 Å². The number of aromatic nitrogens is 2. The van der Waals surface area contributed by atoms with Crippen molar-refractivity contribution < 1.29 is 14.3 Å². The van der Waals surface area contributed by atoms with E-state index in [9.17, 15) is 9.59 Å². The normalized spacial score (nSPS) is 25.1. The van der Waals surface area contributed by atoms with E-state index in [1.54, 1.807) is 6.20 Å². The monoisotopic (exact) mass is 344 g/mol. The fourth-order valence-electron chi connectivity index (χ4n) is 3.79. The van der Waals surface area contributed by atoms with Crippen molar-refractivity contribution in [2.24, 2.45) is 11.8 Å². The summed E-state index contributed by atoms with van der Waals surface area (Å²) in [6, 6.07) is 0. The quantitative estimate of drug-likeness (QED) is 0.881. The highest BCUT2D eigenvalue weighted by molar-refractivity contribution is 5.91. The lowest BCUT2D eigenvalue weighted by Crippen LogP contribution is -2.67. The van der Waals surface area contributed by atoms with E-state index >= 15 is 0 Å². The van der Waals surface area contributed by atoms with Gasteiger partial charge in [-0.2, -0.15) is 0 Å². The van der Waals surface area contributed by atoms with Gasteiger partial charge < -0.3 is 15.0 Å². The van der Waals surface area contributed by atoms with Gasteiger partial charge in [0.2, 0.25) is 5.91 Å². The topological polar surface area (TPSA) is 84.4 Å². The molecule has 4 rings (SSSR count). The van der Waals surface area contributed by atoms with Crippen molar-refractivity contribution in [3.8, 4) is 0 Å². The van der Waals surface area contributed by atoms with E-state index in [0.29, 0.717) is 30.7 Å². The van der Waals surface area contributed by atoms with Crippen LogP contribution < -0.4 is 5.32 Å². The van der Waals surface area contributed by atoms with Crippen molar-refractivity contribution in [1.82, 2.24) is 20.2 Å². The summed E-state index contributed by atoms with van der Waals surface area (Å²) >= 11 is 0. The molecular formula is C18H24N4O3. The molecule has 25 heavy (non-hydrogen) atoms. The summed E-state index contributed by atoms with van der Waals surface area (Å²) in [7, 11) is 0. The van der Waals surface area contributed by atoms with Gasteiger partial charge in [-0.15, -0.1) is 0 Å². The second kappa shape index (κ2) is 6.71. The first kappa shape index (κ1) is 16.4. The third kappa shape index (κ3) is 3.38. The number of likely N-dealkylation sites (tertiary alicyclic amines) is 1. The van der Waals surface area contributed by atoms with Crippen LogP contribution >= 0.6 is 0 Å². The summed E-state index contributed by atoms with van der Waals surface area (Å²) in [5, 5.41) is 2.90. The predicted molar refractivity (Wildman–Crippen MR) is 89.7 cm³/mol. The van der Waals surface area contributed by atoms with E-state index in [0.717, 1.165) is 38.8 Å². The molecule has 1 unspecified atom stereocenters. The Morgan fingerprint density at radius 2 is 2.12 bits per heavy atom. The van der Waals surface area contributed by atoms with Crippen LogP contribution in [0.25, 0.3) is 0 Å². The molecule has 1 aliphatic carbocycles. The molecule has 2 amide bonds. The number of carbonyl (C=O) groups is 2. The van der Waals surface area contributed by atoms with Gasteiger partial charge in [0.1, 0.15) is 11.3 Å². The summed E-state index contributed by atoms with van der Waals surface area (Å²) in [5.41, 5.74) is 0.199. The molecule has 1 atom stereocenters. The second-order valence-electron chi connectivity index (χ2n) is 7.52. The molecule has 0 aromatic carbocycles. The largest absolute Gasteiger partial charge is 0.371 e. The minimum atomic E-state index is -0.200. The van der Waals surface area contributed by atoms with E-state index in [1.165, 1.54) is 18.8 Å². The number of amides is 2.